The van der Waals surface area contributed by atoms with Crippen molar-refractivity contribution in [3.63, 3.8) is 0 Å². The number of aryl methyl sites for hydroxylation is 1. The molecule has 0 radical (unpaired) electrons. The van der Waals surface area contributed by atoms with E-state index in [1.807, 2.05) is 0 Å². The van der Waals surface area contributed by atoms with E-state index in [-0.39, 0.29) is 29.3 Å². The van der Waals surface area contributed by atoms with E-state index in [1.165, 1.54) is 35.5 Å². The highest BCUT2D eigenvalue weighted by Gasteiger charge is 2.60. The molecule has 1 aromatic heterocycles. The van der Waals surface area contributed by atoms with Crippen molar-refractivity contribution in [1.82, 2.24) is 0 Å². The number of hydrogen-bond donors (Lipinski definition) is 1. The lowest BCUT2D eigenvalue weighted by molar-refractivity contribution is -0.121. The summed E-state index contributed by atoms with van der Waals surface area (Å²) >= 11 is 1.18. The minimum atomic E-state index is -1.60. The van der Waals surface area contributed by atoms with Gasteiger partial charge < -0.3 is 20.1 Å². The Bertz CT molecular complexity index is 1450. The molecule has 3 aromatic rings. The van der Waals surface area contributed by atoms with Crippen LogP contribution in [0.4, 0.5) is 10.1 Å². The van der Waals surface area contributed by atoms with E-state index < -0.39 is 23.1 Å². The maximum atomic E-state index is 14.3. The number of carbonyl (C=O) groups excluding carboxylic acids is 2. The topological polar surface area (TPSA) is 106 Å². The summed E-state index contributed by atoms with van der Waals surface area (Å²) in [7, 11) is 1.25. The van der Waals surface area contributed by atoms with Crippen LogP contribution >= 0.6 is 11.3 Å². The maximum absolute atomic E-state index is 14.3. The highest BCUT2D eigenvalue weighted by molar-refractivity contribution is 7.13. The average Bonchev–Trinajstić information content (AvgIpc) is 3.27. The number of thiophene rings is 1. The molecule has 0 bridgehead atoms. The van der Waals surface area contributed by atoms with Crippen LogP contribution in [0.5, 0.6) is 5.75 Å². The molecule has 2 aliphatic heterocycles. The number of nitrogens with zero attached hydrogens (tertiary/aromatic N) is 2. The van der Waals surface area contributed by atoms with Gasteiger partial charge in [-0.3, -0.25) is 4.79 Å². The van der Waals surface area contributed by atoms with Gasteiger partial charge in [0.1, 0.15) is 23.0 Å². The predicted molar refractivity (Wildman–Crippen MR) is 123 cm³/mol. The van der Waals surface area contributed by atoms with E-state index in [2.05, 4.69) is 6.07 Å². The van der Waals surface area contributed by atoms with Gasteiger partial charge in [0.2, 0.25) is 11.8 Å². The number of nitrogens with two attached hydrogens (primary N) is 1. The van der Waals surface area contributed by atoms with Crippen molar-refractivity contribution in [2.45, 2.75) is 18.9 Å². The van der Waals surface area contributed by atoms with Crippen LogP contribution in [-0.4, -0.2) is 19.0 Å². The number of para-hydroxylation sites is 1. The molecule has 3 heterocycles. The SMILES string of the molecule is COC(=O)c1c(C)sc2c1OC(N)=C(C#N)[C@]21C(=O)N(Cc2cccc(F)c2)c2ccccc21. The second-order valence-electron chi connectivity index (χ2n) is 7.92. The summed E-state index contributed by atoms with van der Waals surface area (Å²) in [6.45, 7) is 1.79. The summed E-state index contributed by atoms with van der Waals surface area (Å²) < 4.78 is 24.6. The zero-order chi connectivity index (χ0) is 24.2. The molecule has 0 fully saturated rings. The molecule has 170 valence electrons. The van der Waals surface area contributed by atoms with Crippen LogP contribution in [0, 0.1) is 24.1 Å². The largest absolute Gasteiger partial charge is 0.465 e. The first kappa shape index (κ1) is 21.7. The standard InChI is InChI=1S/C25H18FN3O4S/c1-13-19(23(30)32-2)20-21(34-13)25(17(11-27)22(28)33-20)16-8-3-4-9-18(16)29(24(25)31)12-14-6-5-7-15(26)10-14/h3-10H,12,28H2,1-2H3/t25-/m0/s1. The third-order valence-corrected chi connectivity index (χ3v) is 7.32. The molecule has 1 atom stereocenters. The number of rotatable bonds is 3. The zero-order valence-corrected chi connectivity index (χ0v) is 19.0. The van der Waals surface area contributed by atoms with Crippen molar-refractivity contribution in [3.05, 3.63) is 92.2 Å². The Morgan fingerprint density at radius 3 is 2.76 bits per heavy atom. The summed E-state index contributed by atoms with van der Waals surface area (Å²) in [5.41, 5.74) is 6.38. The number of fused-ring (bicyclic) bond motifs is 4. The van der Waals surface area contributed by atoms with Gasteiger partial charge in [-0.25, -0.2) is 9.18 Å². The molecule has 0 unspecified atom stereocenters. The fourth-order valence-corrected chi connectivity index (χ4v) is 5.97. The van der Waals surface area contributed by atoms with E-state index in [1.54, 1.807) is 43.3 Å². The molecule has 2 aromatic carbocycles. The molecule has 1 amide bonds. The second kappa shape index (κ2) is 7.71. The highest BCUT2D eigenvalue weighted by atomic mass is 32.1. The molecule has 34 heavy (non-hydrogen) atoms. The van der Waals surface area contributed by atoms with Crippen molar-refractivity contribution in [3.8, 4) is 11.8 Å². The Morgan fingerprint density at radius 2 is 2.06 bits per heavy atom. The lowest BCUT2D eigenvalue weighted by Gasteiger charge is -2.32. The number of halogens is 1. The molecular weight excluding hydrogens is 457 g/mol. The van der Waals surface area contributed by atoms with Crippen molar-refractivity contribution < 1.29 is 23.5 Å². The summed E-state index contributed by atoms with van der Waals surface area (Å²) in [4.78, 5) is 29.3. The summed E-state index contributed by atoms with van der Waals surface area (Å²) in [6, 6.07) is 15.1. The molecule has 0 saturated carbocycles. The molecule has 0 aliphatic carbocycles. The third-order valence-electron chi connectivity index (χ3n) is 6.11. The van der Waals surface area contributed by atoms with Crippen LogP contribution in [0.15, 0.2) is 60.0 Å². The number of methoxy groups -OCH3 is 1. The van der Waals surface area contributed by atoms with Gasteiger partial charge in [-0.05, 0) is 30.7 Å². The van der Waals surface area contributed by atoms with Crippen molar-refractivity contribution >= 4 is 28.9 Å². The normalized spacial score (nSPS) is 18.4. The van der Waals surface area contributed by atoms with Gasteiger partial charge >= 0.3 is 5.97 Å². The first-order valence-corrected chi connectivity index (χ1v) is 11.1. The molecule has 1 spiro atoms. The average molecular weight is 476 g/mol. The lowest BCUT2D eigenvalue weighted by Crippen LogP contribution is -2.45. The smallest absolute Gasteiger partial charge is 0.342 e. The number of ether oxygens (including phenoxy) is 2. The first-order chi connectivity index (χ1) is 16.3. The molecule has 5 rings (SSSR count). The van der Waals surface area contributed by atoms with Crippen LogP contribution in [0.2, 0.25) is 0 Å². The van der Waals surface area contributed by atoms with Crippen LogP contribution in [0.1, 0.15) is 31.2 Å². The van der Waals surface area contributed by atoms with Crippen LogP contribution < -0.4 is 15.4 Å². The number of anilines is 1. The molecule has 0 saturated heterocycles. The van der Waals surface area contributed by atoms with E-state index in [0.717, 1.165) is 0 Å². The van der Waals surface area contributed by atoms with Gasteiger partial charge in [-0.2, -0.15) is 5.26 Å². The van der Waals surface area contributed by atoms with Gasteiger partial charge in [0, 0.05) is 16.1 Å². The highest BCUT2D eigenvalue weighted by Crippen LogP contribution is 2.58. The molecule has 2 N–H and O–H groups in total. The fraction of sp³-hybridized carbons (Fsp3) is 0.160. The number of esters is 1. The third kappa shape index (κ3) is 2.79. The van der Waals surface area contributed by atoms with Gasteiger partial charge in [0.25, 0.3) is 0 Å². The summed E-state index contributed by atoms with van der Waals surface area (Å²) in [5.74, 6) is -1.62. The number of benzene rings is 2. The Kier molecular flexibility index (Phi) is 4.92. The predicted octanol–water partition coefficient (Wildman–Crippen LogP) is 3.90. The molecule has 7 nitrogen and oxygen atoms in total. The van der Waals surface area contributed by atoms with E-state index in [4.69, 9.17) is 15.2 Å². The van der Waals surface area contributed by atoms with Gasteiger partial charge in [0.05, 0.1) is 18.5 Å². The van der Waals surface area contributed by atoms with Crippen molar-refractivity contribution in [1.29, 1.82) is 5.26 Å². The van der Waals surface area contributed by atoms with Gasteiger partial charge in [-0.1, -0.05) is 30.3 Å². The first-order valence-electron chi connectivity index (χ1n) is 10.3. The summed E-state index contributed by atoms with van der Waals surface area (Å²) in [5, 5.41) is 10.1. The Morgan fingerprint density at radius 1 is 1.29 bits per heavy atom. The number of hydrogen-bond acceptors (Lipinski definition) is 7. The molecular formula is C25H18FN3O4S. The Labute approximate surface area is 198 Å². The molecule has 2 aliphatic rings. The van der Waals surface area contributed by atoms with E-state index in [0.29, 0.717) is 26.6 Å². The van der Waals surface area contributed by atoms with Crippen LogP contribution in [0.25, 0.3) is 0 Å². The van der Waals surface area contributed by atoms with Crippen LogP contribution in [-0.2, 0) is 21.5 Å². The monoisotopic (exact) mass is 475 g/mol. The van der Waals surface area contributed by atoms with Gasteiger partial charge in [-0.15, -0.1) is 11.3 Å². The maximum Gasteiger partial charge on any atom is 0.342 e. The van der Waals surface area contributed by atoms with Crippen molar-refractivity contribution in [2.24, 2.45) is 5.73 Å². The molecule has 9 heteroatoms. The van der Waals surface area contributed by atoms with Crippen LogP contribution in [0.3, 0.4) is 0 Å². The Balaban J connectivity index is 1.80. The Hall–Kier alpha value is -4.16. The number of carbonyl (C=O) groups is 2. The quantitative estimate of drug-likeness (QED) is 0.576. The van der Waals surface area contributed by atoms with E-state index >= 15 is 0 Å². The zero-order valence-electron chi connectivity index (χ0n) is 18.2. The number of nitriles is 1. The number of amides is 1. The van der Waals surface area contributed by atoms with E-state index in [9.17, 15) is 19.2 Å². The minimum Gasteiger partial charge on any atom is -0.465 e. The van der Waals surface area contributed by atoms with Gasteiger partial charge in [0.15, 0.2) is 11.2 Å². The second-order valence-corrected chi connectivity index (χ2v) is 9.15. The lowest BCUT2D eigenvalue weighted by atomic mass is 9.72. The van der Waals surface area contributed by atoms with Crippen molar-refractivity contribution in [2.75, 3.05) is 12.0 Å². The minimum absolute atomic E-state index is 0.0585. The summed E-state index contributed by atoms with van der Waals surface area (Å²) in [6.07, 6.45) is 0. The fourth-order valence-electron chi connectivity index (χ4n) is 4.69.